The van der Waals surface area contributed by atoms with E-state index in [1.165, 1.54) is 0 Å². The number of hydrogen-bond donors (Lipinski definition) is 4. The molecule has 0 saturated heterocycles. The Morgan fingerprint density at radius 2 is 1.06 bits per heavy atom. The number of aryl methyl sites for hydroxylation is 7. The SMILES string of the molecule is CCc1cccc(CC)c1NC(=O)c1cc(-c2nc(N)ncc2Br)n(C)c1.CCc1cccc(CC)c1NC(=O)c1cc(-c2nc(N)ncc2C)n(C)c1. The van der Waals surface area contributed by atoms with Crippen LogP contribution in [0.3, 0.4) is 0 Å². The Morgan fingerprint density at radius 1 is 0.667 bits per heavy atom. The Labute approximate surface area is 324 Å². The molecule has 12 nitrogen and oxygen atoms in total. The van der Waals surface area contributed by atoms with E-state index in [0.717, 1.165) is 86.4 Å². The first kappa shape index (κ1) is 39.4. The van der Waals surface area contributed by atoms with Gasteiger partial charge in [-0.25, -0.2) is 19.9 Å². The number of nitrogens with zero attached hydrogens (tertiary/aromatic N) is 6. The van der Waals surface area contributed by atoms with Crippen LogP contribution in [0.5, 0.6) is 0 Å². The molecule has 0 aliphatic carbocycles. The number of nitrogen functional groups attached to an aromatic ring is 2. The maximum Gasteiger partial charge on any atom is 0.257 e. The Balaban J connectivity index is 0.000000208. The molecule has 0 spiro atoms. The van der Waals surface area contributed by atoms with Crippen molar-refractivity contribution in [3.63, 3.8) is 0 Å². The first-order valence-electron chi connectivity index (χ1n) is 17.9. The maximum atomic E-state index is 12.9. The van der Waals surface area contributed by atoms with E-state index in [-0.39, 0.29) is 23.7 Å². The summed E-state index contributed by atoms with van der Waals surface area (Å²) in [6.45, 7) is 10.3. The van der Waals surface area contributed by atoms with E-state index in [0.29, 0.717) is 16.8 Å². The molecule has 6 rings (SSSR count). The van der Waals surface area contributed by atoms with Gasteiger partial charge >= 0.3 is 0 Å². The van der Waals surface area contributed by atoms with E-state index >= 15 is 0 Å². The molecular formula is C41H47BrN10O2. The third-order valence-electron chi connectivity index (χ3n) is 9.25. The van der Waals surface area contributed by atoms with Gasteiger partial charge in [0, 0.05) is 50.3 Å². The fourth-order valence-electron chi connectivity index (χ4n) is 6.30. The van der Waals surface area contributed by atoms with Gasteiger partial charge in [-0.1, -0.05) is 64.1 Å². The maximum absolute atomic E-state index is 12.9. The number of aromatic nitrogens is 6. The molecule has 0 saturated carbocycles. The molecule has 54 heavy (non-hydrogen) atoms. The van der Waals surface area contributed by atoms with Gasteiger partial charge in [0.15, 0.2) is 0 Å². The number of anilines is 4. The molecule has 4 heterocycles. The highest BCUT2D eigenvalue weighted by Crippen LogP contribution is 2.30. The number of hydrogen-bond acceptors (Lipinski definition) is 8. The molecule has 0 fully saturated rings. The second-order valence-electron chi connectivity index (χ2n) is 12.9. The van der Waals surface area contributed by atoms with Crippen LogP contribution in [0.4, 0.5) is 23.3 Å². The highest BCUT2D eigenvalue weighted by molar-refractivity contribution is 9.10. The van der Waals surface area contributed by atoms with Gasteiger partial charge < -0.3 is 31.2 Å². The number of para-hydroxylation sites is 2. The van der Waals surface area contributed by atoms with Gasteiger partial charge in [0.1, 0.15) is 5.69 Å². The molecule has 0 unspecified atom stereocenters. The number of halogens is 1. The van der Waals surface area contributed by atoms with Crippen molar-refractivity contribution >= 4 is 51.0 Å². The molecule has 6 N–H and O–H groups in total. The van der Waals surface area contributed by atoms with Crippen molar-refractivity contribution in [2.75, 3.05) is 22.1 Å². The zero-order chi connectivity index (χ0) is 39.1. The summed E-state index contributed by atoms with van der Waals surface area (Å²) in [5, 5.41) is 6.20. The summed E-state index contributed by atoms with van der Waals surface area (Å²) in [6.07, 6.45) is 10.3. The van der Waals surface area contributed by atoms with Crippen LogP contribution in [0, 0.1) is 6.92 Å². The summed E-state index contributed by atoms with van der Waals surface area (Å²) >= 11 is 3.44. The summed E-state index contributed by atoms with van der Waals surface area (Å²) in [4.78, 5) is 42.4. The smallest absolute Gasteiger partial charge is 0.257 e. The van der Waals surface area contributed by atoms with Crippen molar-refractivity contribution in [3.05, 3.63) is 117 Å². The van der Waals surface area contributed by atoms with Crippen molar-refractivity contribution in [2.45, 2.75) is 60.3 Å². The van der Waals surface area contributed by atoms with Crippen LogP contribution in [0.2, 0.25) is 0 Å². The third kappa shape index (κ3) is 8.69. The number of amides is 2. The lowest BCUT2D eigenvalue weighted by Crippen LogP contribution is -2.14. The van der Waals surface area contributed by atoms with Gasteiger partial charge in [0.2, 0.25) is 11.9 Å². The zero-order valence-electron chi connectivity index (χ0n) is 31.8. The predicted molar refractivity (Wildman–Crippen MR) is 220 cm³/mol. The standard InChI is InChI=1S/C21H25N5O.C20H22BrN5O/c1-5-14-8-7-9-15(6-2)19(14)24-20(27)16-10-17(26(4)12-16)18-13(3)11-23-21(22)25-18;1-4-12-7-6-8-13(5-2)17(12)24-19(27)14-9-16(26(3)11-14)18-15(21)10-23-20(22)25-18/h7-12H,5-6H2,1-4H3,(H,24,27)(H2,22,23,25);6-11H,4-5H2,1-3H3,(H,24,27)(H2,22,23,25). The van der Waals surface area contributed by atoms with Crippen molar-refractivity contribution in [1.29, 1.82) is 0 Å². The first-order chi connectivity index (χ1) is 25.9. The highest BCUT2D eigenvalue weighted by Gasteiger charge is 2.19. The van der Waals surface area contributed by atoms with E-state index in [1.807, 2.05) is 72.7 Å². The largest absolute Gasteiger partial charge is 0.368 e. The lowest BCUT2D eigenvalue weighted by Gasteiger charge is -2.13. The van der Waals surface area contributed by atoms with Crippen molar-refractivity contribution in [2.24, 2.45) is 14.1 Å². The molecule has 280 valence electrons. The number of nitrogens with one attached hydrogen (secondary N) is 2. The van der Waals surface area contributed by atoms with E-state index in [2.05, 4.69) is 86.3 Å². The summed E-state index contributed by atoms with van der Waals surface area (Å²) in [7, 11) is 3.76. The van der Waals surface area contributed by atoms with Crippen LogP contribution in [0.25, 0.3) is 22.8 Å². The Bertz CT molecular complexity index is 2100. The lowest BCUT2D eigenvalue weighted by atomic mass is 10.0. The fraction of sp³-hybridized carbons (Fsp3) is 0.268. The van der Waals surface area contributed by atoms with E-state index in [9.17, 15) is 9.59 Å². The molecule has 0 bridgehead atoms. The zero-order valence-corrected chi connectivity index (χ0v) is 33.4. The Morgan fingerprint density at radius 3 is 1.48 bits per heavy atom. The summed E-state index contributed by atoms with van der Waals surface area (Å²) in [5.74, 6) is 0.120. The molecule has 0 atom stereocenters. The van der Waals surface area contributed by atoms with Gasteiger partial charge in [0.25, 0.3) is 11.8 Å². The fourth-order valence-corrected chi connectivity index (χ4v) is 6.70. The average Bonchev–Trinajstić information content (AvgIpc) is 3.76. The second-order valence-corrected chi connectivity index (χ2v) is 13.7. The number of nitrogens with two attached hydrogens (primary N) is 2. The van der Waals surface area contributed by atoms with Gasteiger partial charge in [-0.05, 0) is 88.5 Å². The van der Waals surface area contributed by atoms with Gasteiger partial charge in [-0.15, -0.1) is 0 Å². The number of carbonyl (C=O) groups excluding carboxylic acids is 2. The van der Waals surface area contributed by atoms with Crippen LogP contribution in [0.15, 0.2) is 77.8 Å². The van der Waals surface area contributed by atoms with E-state index in [4.69, 9.17) is 11.5 Å². The van der Waals surface area contributed by atoms with Crippen LogP contribution >= 0.6 is 15.9 Å². The summed E-state index contributed by atoms with van der Waals surface area (Å²) in [5.41, 5.74) is 22.8. The molecule has 2 aromatic carbocycles. The predicted octanol–water partition coefficient (Wildman–Crippen LogP) is 7.95. The summed E-state index contributed by atoms with van der Waals surface area (Å²) < 4.78 is 4.46. The van der Waals surface area contributed by atoms with E-state index < -0.39 is 0 Å². The molecule has 0 aliphatic heterocycles. The van der Waals surface area contributed by atoms with Crippen molar-refractivity contribution < 1.29 is 9.59 Å². The van der Waals surface area contributed by atoms with E-state index in [1.54, 1.807) is 18.6 Å². The van der Waals surface area contributed by atoms with Crippen LogP contribution in [0.1, 0.15) is 76.2 Å². The molecule has 4 aromatic heterocycles. The lowest BCUT2D eigenvalue weighted by molar-refractivity contribution is 0.101. The highest BCUT2D eigenvalue weighted by atomic mass is 79.9. The minimum atomic E-state index is -0.148. The molecule has 2 amide bonds. The number of rotatable bonds is 10. The minimum Gasteiger partial charge on any atom is -0.368 e. The molecule has 13 heteroatoms. The normalized spacial score (nSPS) is 10.8. The van der Waals surface area contributed by atoms with Gasteiger partial charge in [-0.3, -0.25) is 9.59 Å². The molecule has 0 radical (unpaired) electrons. The Kier molecular flexibility index (Phi) is 12.6. The van der Waals surface area contributed by atoms with Gasteiger partial charge in [-0.2, -0.15) is 0 Å². The topological polar surface area (TPSA) is 172 Å². The minimum absolute atomic E-state index is 0.132. The monoisotopic (exact) mass is 790 g/mol. The van der Waals surface area contributed by atoms with Crippen molar-refractivity contribution in [1.82, 2.24) is 29.1 Å². The third-order valence-corrected chi connectivity index (χ3v) is 9.83. The van der Waals surface area contributed by atoms with Gasteiger partial charge in [0.05, 0.1) is 32.7 Å². The quantitative estimate of drug-likeness (QED) is 0.108. The second kappa shape index (κ2) is 17.3. The van der Waals surface area contributed by atoms with Crippen LogP contribution < -0.4 is 22.1 Å². The average molecular weight is 792 g/mol. The van der Waals surface area contributed by atoms with Crippen LogP contribution in [-0.4, -0.2) is 40.9 Å². The van der Waals surface area contributed by atoms with Crippen LogP contribution in [-0.2, 0) is 39.8 Å². The number of benzene rings is 2. The first-order valence-corrected chi connectivity index (χ1v) is 18.7. The van der Waals surface area contributed by atoms with Crippen molar-refractivity contribution in [3.8, 4) is 22.8 Å². The molecular weight excluding hydrogens is 744 g/mol. The molecule has 6 aromatic rings. The number of carbonyl (C=O) groups is 2. The molecule has 0 aliphatic rings. The summed E-state index contributed by atoms with van der Waals surface area (Å²) in [6, 6.07) is 15.9. The Hall–Kier alpha value is -5.82.